The van der Waals surface area contributed by atoms with Gasteiger partial charge in [0, 0.05) is 63.5 Å². The maximum Gasteiger partial charge on any atom is 0.293 e. The van der Waals surface area contributed by atoms with Crippen molar-refractivity contribution >= 4 is 34.9 Å². The molecular weight excluding hydrogens is 526 g/mol. The van der Waals surface area contributed by atoms with Crippen molar-refractivity contribution in [3.8, 4) is 0 Å². The Morgan fingerprint density at radius 1 is 0.872 bits per heavy atom. The first-order valence-electron chi connectivity index (χ1n) is 13.0. The van der Waals surface area contributed by atoms with Crippen LogP contribution in [0.15, 0.2) is 47.4 Å². The largest absolute Gasteiger partial charge is 0.379 e. The minimum atomic E-state index is -0.812. The summed E-state index contributed by atoms with van der Waals surface area (Å²) in [5.41, 5.74) is 0.862. The fourth-order valence-corrected chi connectivity index (χ4v) is 5.65. The van der Waals surface area contributed by atoms with E-state index in [2.05, 4.69) is 9.80 Å². The summed E-state index contributed by atoms with van der Waals surface area (Å²) < 4.78 is 33.4. The molecule has 0 aliphatic carbocycles. The number of carbonyl (C=O) groups is 3. The number of piperazine rings is 1. The average molecular weight is 557 g/mol. The van der Waals surface area contributed by atoms with Gasteiger partial charge in [0.1, 0.15) is 11.6 Å². The molecule has 3 amide bonds. The fourth-order valence-electron chi connectivity index (χ4n) is 4.82. The lowest BCUT2D eigenvalue weighted by molar-refractivity contribution is -0.123. The Bertz CT molecular complexity index is 1240. The molecule has 0 spiro atoms. The molecule has 3 heterocycles. The zero-order chi connectivity index (χ0) is 27.4. The number of rotatable bonds is 7. The maximum absolute atomic E-state index is 14.0. The Hall–Kier alpha value is -3.12. The van der Waals surface area contributed by atoms with E-state index in [0.29, 0.717) is 24.2 Å². The third-order valence-corrected chi connectivity index (χ3v) is 8.11. The van der Waals surface area contributed by atoms with Gasteiger partial charge in [-0.25, -0.2) is 8.78 Å². The van der Waals surface area contributed by atoms with Crippen molar-refractivity contribution in [2.75, 3.05) is 65.6 Å². The van der Waals surface area contributed by atoms with E-state index in [-0.39, 0.29) is 16.4 Å². The topological polar surface area (TPSA) is 73.4 Å². The van der Waals surface area contributed by atoms with Gasteiger partial charge in [-0.1, -0.05) is 18.2 Å². The van der Waals surface area contributed by atoms with Crippen molar-refractivity contribution in [1.82, 2.24) is 19.6 Å². The molecule has 11 heteroatoms. The molecule has 8 nitrogen and oxygen atoms in total. The lowest BCUT2D eigenvalue weighted by atomic mass is 10.1. The van der Waals surface area contributed by atoms with E-state index in [1.165, 1.54) is 6.07 Å². The van der Waals surface area contributed by atoms with Gasteiger partial charge >= 0.3 is 0 Å². The van der Waals surface area contributed by atoms with Gasteiger partial charge in [0.05, 0.1) is 24.7 Å². The van der Waals surface area contributed by atoms with Crippen LogP contribution in [0.4, 0.5) is 13.6 Å². The van der Waals surface area contributed by atoms with Gasteiger partial charge in [-0.15, -0.1) is 0 Å². The van der Waals surface area contributed by atoms with Crippen molar-refractivity contribution in [2.45, 2.75) is 6.54 Å². The highest BCUT2D eigenvalue weighted by atomic mass is 32.2. The normalized spacial score (nSPS) is 20.3. The third-order valence-electron chi connectivity index (χ3n) is 7.20. The number of ether oxygens (including phenoxy) is 1. The van der Waals surface area contributed by atoms with Crippen LogP contribution >= 0.6 is 11.8 Å². The lowest BCUT2D eigenvalue weighted by Crippen LogP contribution is -2.51. The Balaban J connectivity index is 1.15. The van der Waals surface area contributed by atoms with Crippen LogP contribution in [-0.2, 0) is 16.1 Å². The van der Waals surface area contributed by atoms with Crippen LogP contribution in [-0.4, -0.2) is 102 Å². The molecule has 3 fully saturated rings. The molecule has 0 saturated carbocycles. The van der Waals surface area contributed by atoms with Gasteiger partial charge in [-0.2, -0.15) is 0 Å². The second kappa shape index (κ2) is 12.4. The van der Waals surface area contributed by atoms with Gasteiger partial charge in [0.15, 0.2) is 0 Å². The van der Waals surface area contributed by atoms with E-state index in [9.17, 15) is 23.2 Å². The fraction of sp³-hybridized carbons (Fsp3) is 0.393. The summed E-state index contributed by atoms with van der Waals surface area (Å²) in [6, 6.07) is 10.2. The molecule has 0 N–H and O–H groups in total. The highest BCUT2D eigenvalue weighted by molar-refractivity contribution is 8.18. The molecule has 2 aromatic rings. The lowest BCUT2D eigenvalue weighted by Gasteiger charge is -2.36. The van der Waals surface area contributed by atoms with Crippen LogP contribution in [0.1, 0.15) is 21.5 Å². The third kappa shape index (κ3) is 6.55. The summed E-state index contributed by atoms with van der Waals surface area (Å²) in [6.07, 6.45) is 1.55. The molecule has 0 aromatic heterocycles. The molecule has 3 aliphatic rings. The predicted octanol–water partition coefficient (Wildman–Crippen LogP) is 3.29. The van der Waals surface area contributed by atoms with Gasteiger partial charge in [-0.05, 0) is 47.7 Å². The van der Waals surface area contributed by atoms with Crippen molar-refractivity contribution in [3.63, 3.8) is 0 Å². The van der Waals surface area contributed by atoms with Gasteiger partial charge in [0.25, 0.3) is 17.1 Å². The van der Waals surface area contributed by atoms with Crippen LogP contribution in [0.3, 0.4) is 0 Å². The average Bonchev–Trinajstić information content (AvgIpc) is 3.22. The highest BCUT2D eigenvalue weighted by Crippen LogP contribution is 2.34. The van der Waals surface area contributed by atoms with E-state index in [0.717, 1.165) is 81.3 Å². The molecule has 5 rings (SSSR count). The molecule has 2 aromatic carbocycles. The molecule has 0 radical (unpaired) electrons. The monoisotopic (exact) mass is 556 g/mol. The van der Waals surface area contributed by atoms with Gasteiger partial charge < -0.3 is 9.64 Å². The number of benzene rings is 2. The summed E-state index contributed by atoms with van der Waals surface area (Å²) in [4.78, 5) is 45.9. The summed E-state index contributed by atoms with van der Waals surface area (Å²) >= 11 is 0.719. The standard InChI is InChI=1S/C28H30F2N4O4S/c29-23-2-1-3-24(30)22(23)19-34-27(36)25(39-28(34)37)18-20-4-6-21(7-5-20)26(35)33-12-10-31(11-13-33)8-9-32-14-16-38-17-15-32/h1-7,18H,8-17,19H2/b25-18-. The SMILES string of the molecule is O=C(c1ccc(/C=C2\SC(=O)N(Cc3c(F)cccc3F)C2=O)cc1)N1CCN(CCN2CCOCC2)CC1. The predicted molar refractivity (Wildman–Crippen MR) is 144 cm³/mol. The Morgan fingerprint density at radius 2 is 1.49 bits per heavy atom. The summed E-state index contributed by atoms with van der Waals surface area (Å²) in [7, 11) is 0. The molecule has 0 atom stereocenters. The molecular formula is C28H30F2N4O4S. The number of amides is 3. The van der Waals surface area contributed by atoms with E-state index < -0.39 is 29.3 Å². The van der Waals surface area contributed by atoms with E-state index in [1.54, 1.807) is 30.3 Å². The van der Waals surface area contributed by atoms with Gasteiger partial charge in [0.2, 0.25) is 0 Å². The zero-order valence-electron chi connectivity index (χ0n) is 21.5. The second-order valence-corrected chi connectivity index (χ2v) is 10.7. The van der Waals surface area contributed by atoms with Crippen molar-refractivity contribution in [1.29, 1.82) is 0 Å². The van der Waals surface area contributed by atoms with Crippen LogP contribution < -0.4 is 0 Å². The molecule has 39 heavy (non-hydrogen) atoms. The van der Waals surface area contributed by atoms with Crippen LogP contribution in [0.2, 0.25) is 0 Å². The molecule has 0 unspecified atom stereocenters. The Morgan fingerprint density at radius 3 is 2.13 bits per heavy atom. The molecule has 3 aliphatic heterocycles. The first-order valence-corrected chi connectivity index (χ1v) is 13.8. The minimum Gasteiger partial charge on any atom is -0.379 e. The number of hydrogen-bond donors (Lipinski definition) is 0. The smallest absolute Gasteiger partial charge is 0.293 e. The first-order chi connectivity index (χ1) is 18.9. The quantitative estimate of drug-likeness (QED) is 0.485. The number of morpholine rings is 1. The van der Waals surface area contributed by atoms with Crippen LogP contribution in [0.5, 0.6) is 0 Å². The Labute approximate surface area is 230 Å². The first kappa shape index (κ1) is 27.4. The molecule has 0 bridgehead atoms. The van der Waals surface area contributed by atoms with E-state index >= 15 is 0 Å². The molecule has 3 saturated heterocycles. The zero-order valence-corrected chi connectivity index (χ0v) is 22.3. The number of hydrogen-bond acceptors (Lipinski definition) is 7. The summed E-state index contributed by atoms with van der Waals surface area (Å²) in [5, 5.41) is -0.593. The van der Waals surface area contributed by atoms with E-state index in [1.807, 2.05) is 4.90 Å². The molecule has 206 valence electrons. The number of nitrogens with zero attached hydrogens (tertiary/aromatic N) is 4. The minimum absolute atomic E-state index is 0.0402. The second-order valence-electron chi connectivity index (χ2n) is 9.68. The van der Waals surface area contributed by atoms with Crippen LogP contribution in [0.25, 0.3) is 6.08 Å². The number of halogens is 2. The summed E-state index contributed by atoms with van der Waals surface area (Å²) in [6.45, 7) is 8.05. The van der Waals surface area contributed by atoms with Gasteiger partial charge in [-0.3, -0.25) is 29.1 Å². The van der Waals surface area contributed by atoms with E-state index in [4.69, 9.17) is 4.74 Å². The Kier molecular flexibility index (Phi) is 8.71. The summed E-state index contributed by atoms with van der Waals surface area (Å²) in [5.74, 6) is -2.28. The number of carbonyl (C=O) groups excluding carboxylic acids is 3. The number of imide groups is 1. The van der Waals surface area contributed by atoms with Crippen molar-refractivity contribution in [3.05, 3.63) is 75.7 Å². The number of thioether (sulfide) groups is 1. The highest BCUT2D eigenvalue weighted by Gasteiger charge is 2.36. The van der Waals surface area contributed by atoms with Crippen molar-refractivity contribution in [2.24, 2.45) is 0 Å². The van der Waals surface area contributed by atoms with Crippen LogP contribution in [0, 0.1) is 11.6 Å². The maximum atomic E-state index is 14.0. The van der Waals surface area contributed by atoms with Crippen molar-refractivity contribution < 1.29 is 27.9 Å².